The van der Waals surface area contributed by atoms with Crippen molar-refractivity contribution >= 4 is 11.2 Å². The lowest BCUT2D eigenvalue weighted by molar-refractivity contribution is -0.138. The van der Waals surface area contributed by atoms with Gasteiger partial charge in [-0.3, -0.25) is 0 Å². The van der Waals surface area contributed by atoms with Crippen molar-refractivity contribution in [2.24, 2.45) is 0 Å². The van der Waals surface area contributed by atoms with E-state index in [-0.39, 0.29) is 18.0 Å². The maximum atomic E-state index is 13.2. The molecule has 120 valence electrons. The molecule has 0 N–H and O–H groups in total. The molecule has 0 saturated heterocycles. The van der Waals surface area contributed by atoms with Crippen LogP contribution in [0.5, 0.6) is 0 Å². The van der Waals surface area contributed by atoms with E-state index in [1.54, 1.807) is 18.3 Å². The van der Waals surface area contributed by atoms with Crippen molar-refractivity contribution in [3.8, 4) is 0 Å². The van der Waals surface area contributed by atoms with Crippen molar-refractivity contribution in [1.29, 1.82) is 0 Å². The largest absolute Gasteiger partial charge is 0.416 e. The van der Waals surface area contributed by atoms with Gasteiger partial charge >= 0.3 is 6.18 Å². The number of rotatable bonds is 3. The first-order valence-corrected chi connectivity index (χ1v) is 7.35. The lowest BCUT2D eigenvalue weighted by Crippen LogP contribution is -2.12. The Hall–Kier alpha value is -2.37. The molecule has 2 aromatic heterocycles. The number of hydrogen-bond acceptors (Lipinski definition) is 2. The van der Waals surface area contributed by atoms with E-state index in [4.69, 9.17) is 0 Å². The molecule has 0 bridgehead atoms. The van der Waals surface area contributed by atoms with Crippen LogP contribution < -0.4 is 0 Å². The molecule has 0 saturated carbocycles. The van der Waals surface area contributed by atoms with Crippen molar-refractivity contribution in [1.82, 2.24) is 14.5 Å². The van der Waals surface area contributed by atoms with Gasteiger partial charge in [0.25, 0.3) is 0 Å². The average molecular weight is 319 g/mol. The molecule has 0 aliphatic heterocycles. The van der Waals surface area contributed by atoms with Gasteiger partial charge < -0.3 is 4.57 Å². The molecule has 0 fully saturated rings. The smallest absolute Gasteiger partial charge is 0.310 e. The van der Waals surface area contributed by atoms with E-state index in [1.165, 1.54) is 12.1 Å². The fourth-order valence-electron chi connectivity index (χ4n) is 2.77. The third-order valence-electron chi connectivity index (χ3n) is 3.71. The van der Waals surface area contributed by atoms with Gasteiger partial charge in [-0.25, -0.2) is 9.97 Å². The molecular weight excluding hydrogens is 303 g/mol. The molecule has 0 aliphatic carbocycles. The van der Waals surface area contributed by atoms with E-state index in [0.717, 1.165) is 6.07 Å². The summed E-state index contributed by atoms with van der Waals surface area (Å²) < 4.78 is 41.4. The number of alkyl halides is 3. The molecule has 0 atom stereocenters. The highest BCUT2D eigenvalue weighted by molar-refractivity contribution is 5.71. The van der Waals surface area contributed by atoms with E-state index in [1.807, 2.05) is 24.5 Å². The average Bonchev–Trinajstić information content (AvgIpc) is 2.84. The Morgan fingerprint density at radius 1 is 1.09 bits per heavy atom. The molecule has 23 heavy (non-hydrogen) atoms. The predicted octanol–water partition coefficient (Wildman–Crippen LogP) is 4.62. The van der Waals surface area contributed by atoms with Crippen LogP contribution in [0.2, 0.25) is 0 Å². The Morgan fingerprint density at radius 2 is 1.83 bits per heavy atom. The highest BCUT2D eigenvalue weighted by Gasteiger charge is 2.33. The van der Waals surface area contributed by atoms with Crippen LogP contribution in [0.3, 0.4) is 0 Å². The van der Waals surface area contributed by atoms with E-state index >= 15 is 0 Å². The molecule has 3 nitrogen and oxygen atoms in total. The summed E-state index contributed by atoms with van der Waals surface area (Å²) in [6.07, 6.45) is -2.59. The minimum Gasteiger partial charge on any atom is -0.310 e. The van der Waals surface area contributed by atoms with Gasteiger partial charge in [0, 0.05) is 18.7 Å². The first kappa shape index (κ1) is 15.5. The maximum Gasteiger partial charge on any atom is 0.416 e. The fraction of sp³-hybridized carbons (Fsp3) is 0.294. The number of aromatic nitrogens is 3. The molecule has 0 aliphatic rings. The van der Waals surface area contributed by atoms with E-state index in [9.17, 15) is 13.2 Å². The number of halogens is 3. The van der Waals surface area contributed by atoms with Gasteiger partial charge in [-0.15, -0.1) is 0 Å². The van der Waals surface area contributed by atoms with E-state index in [2.05, 4.69) is 9.97 Å². The molecular formula is C17H16F3N3. The lowest BCUT2D eigenvalue weighted by atomic mass is 10.0. The zero-order chi connectivity index (χ0) is 16.6. The summed E-state index contributed by atoms with van der Waals surface area (Å²) in [6.45, 7) is 3.93. The van der Waals surface area contributed by atoms with Crippen LogP contribution in [0.1, 0.15) is 36.8 Å². The van der Waals surface area contributed by atoms with Crippen molar-refractivity contribution in [2.45, 2.75) is 32.5 Å². The van der Waals surface area contributed by atoms with Crippen LogP contribution in [-0.4, -0.2) is 14.5 Å². The highest BCUT2D eigenvalue weighted by Crippen LogP contribution is 2.33. The second-order valence-corrected chi connectivity index (χ2v) is 5.67. The fourth-order valence-corrected chi connectivity index (χ4v) is 2.77. The Balaban J connectivity index is 2.11. The first-order valence-electron chi connectivity index (χ1n) is 7.35. The predicted molar refractivity (Wildman–Crippen MR) is 82.2 cm³/mol. The zero-order valence-electron chi connectivity index (χ0n) is 12.8. The SMILES string of the molecule is CC(C)n1c(Cc2ccccc2C(F)(F)F)nc2cccnc21. The summed E-state index contributed by atoms with van der Waals surface area (Å²) in [5.74, 6) is 0.588. The van der Waals surface area contributed by atoms with Crippen LogP contribution in [-0.2, 0) is 12.6 Å². The molecule has 0 radical (unpaired) electrons. The van der Waals surface area contributed by atoms with Gasteiger partial charge in [-0.05, 0) is 37.6 Å². The number of pyridine rings is 1. The number of hydrogen-bond donors (Lipinski definition) is 0. The molecule has 3 rings (SSSR count). The second-order valence-electron chi connectivity index (χ2n) is 5.67. The summed E-state index contributed by atoms with van der Waals surface area (Å²) in [5.41, 5.74) is 0.996. The summed E-state index contributed by atoms with van der Waals surface area (Å²) in [4.78, 5) is 8.80. The third-order valence-corrected chi connectivity index (χ3v) is 3.71. The second kappa shape index (κ2) is 5.68. The standard InChI is InChI=1S/C17H16F3N3/c1-11(2)23-15(22-14-8-5-9-21-16(14)23)10-12-6-3-4-7-13(12)17(18,19)20/h3-9,11H,10H2,1-2H3. The summed E-state index contributed by atoms with van der Waals surface area (Å²) in [7, 11) is 0. The van der Waals surface area contributed by atoms with Gasteiger partial charge in [-0.2, -0.15) is 13.2 Å². The quantitative estimate of drug-likeness (QED) is 0.705. The van der Waals surface area contributed by atoms with Gasteiger partial charge in [0.1, 0.15) is 11.3 Å². The van der Waals surface area contributed by atoms with Crippen molar-refractivity contribution in [3.05, 3.63) is 59.5 Å². The van der Waals surface area contributed by atoms with Crippen LogP contribution in [0, 0.1) is 0 Å². The van der Waals surface area contributed by atoms with Gasteiger partial charge in [0.15, 0.2) is 5.65 Å². The van der Waals surface area contributed by atoms with Crippen molar-refractivity contribution < 1.29 is 13.2 Å². The van der Waals surface area contributed by atoms with Gasteiger partial charge in [0.05, 0.1) is 5.56 Å². The summed E-state index contributed by atoms with van der Waals surface area (Å²) in [6, 6.07) is 9.28. The minimum absolute atomic E-state index is 0.0583. The topological polar surface area (TPSA) is 30.7 Å². The zero-order valence-corrected chi connectivity index (χ0v) is 12.8. The van der Waals surface area contributed by atoms with Crippen LogP contribution >= 0.6 is 0 Å². The van der Waals surface area contributed by atoms with Gasteiger partial charge in [0.2, 0.25) is 0 Å². The summed E-state index contributed by atoms with van der Waals surface area (Å²) >= 11 is 0. The Kier molecular flexibility index (Phi) is 3.83. The number of benzene rings is 1. The Morgan fingerprint density at radius 3 is 2.52 bits per heavy atom. The minimum atomic E-state index is -4.37. The number of fused-ring (bicyclic) bond motifs is 1. The van der Waals surface area contributed by atoms with Crippen LogP contribution in [0.4, 0.5) is 13.2 Å². The van der Waals surface area contributed by atoms with Crippen LogP contribution in [0.15, 0.2) is 42.6 Å². The maximum absolute atomic E-state index is 13.2. The molecule has 0 spiro atoms. The third kappa shape index (κ3) is 2.93. The van der Waals surface area contributed by atoms with Crippen molar-refractivity contribution in [3.63, 3.8) is 0 Å². The number of nitrogens with zero attached hydrogens (tertiary/aromatic N) is 3. The molecule has 1 aromatic carbocycles. The highest BCUT2D eigenvalue weighted by atomic mass is 19.4. The first-order chi connectivity index (χ1) is 10.9. The van der Waals surface area contributed by atoms with Crippen molar-refractivity contribution in [2.75, 3.05) is 0 Å². The normalized spacial score (nSPS) is 12.3. The molecule has 6 heteroatoms. The summed E-state index contributed by atoms with van der Waals surface area (Å²) in [5, 5.41) is 0. The van der Waals surface area contributed by atoms with E-state index in [0.29, 0.717) is 17.0 Å². The molecule has 3 aromatic rings. The lowest BCUT2D eigenvalue weighted by Gasteiger charge is -2.15. The van der Waals surface area contributed by atoms with E-state index < -0.39 is 11.7 Å². The molecule has 0 unspecified atom stereocenters. The number of imidazole rings is 1. The monoisotopic (exact) mass is 319 g/mol. The van der Waals surface area contributed by atoms with Crippen LogP contribution in [0.25, 0.3) is 11.2 Å². The Labute approximate surface area is 131 Å². The van der Waals surface area contributed by atoms with Gasteiger partial charge in [-0.1, -0.05) is 18.2 Å². The molecule has 0 amide bonds. The molecule has 2 heterocycles. The Bertz CT molecular complexity index is 834.